The predicted molar refractivity (Wildman–Crippen MR) is 241 cm³/mol. The molecule has 4 aliphatic heterocycles. The van der Waals surface area contributed by atoms with Crippen LogP contribution in [0.3, 0.4) is 0 Å². The highest BCUT2D eigenvalue weighted by molar-refractivity contribution is 6.35. The molecule has 0 spiro atoms. The van der Waals surface area contributed by atoms with Gasteiger partial charge in [-0.2, -0.15) is 5.10 Å². The van der Waals surface area contributed by atoms with Crippen LogP contribution in [0.1, 0.15) is 116 Å². The topological polar surface area (TPSA) is 118 Å². The number of aryl methyl sites for hydroxylation is 1. The van der Waals surface area contributed by atoms with E-state index in [0.717, 1.165) is 98.7 Å². The fourth-order valence-corrected chi connectivity index (χ4v) is 10.8. The summed E-state index contributed by atoms with van der Waals surface area (Å²) >= 11 is 12.7. The average molecular weight is 870 g/mol. The lowest BCUT2D eigenvalue weighted by molar-refractivity contribution is -0.144. The Morgan fingerprint density at radius 2 is 1.50 bits per heavy atom. The summed E-state index contributed by atoms with van der Waals surface area (Å²) in [5.74, 6) is 3.27. The van der Waals surface area contributed by atoms with E-state index in [1.165, 1.54) is 45.2 Å². The molecule has 2 aromatic heterocycles. The molecule has 332 valence electrons. The van der Waals surface area contributed by atoms with Gasteiger partial charge in [0, 0.05) is 61.1 Å². The van der Waals surface area contributed by atoms with Crippen molar-refractivity contribution >= 4 is 52.1 Å². The zero-order valence-electron chi connectivity index (χ0n) is 37.0. The van der Waals surface area contributed by atoms with Gasteiger partial charge in [-0.1, -0.05) is 43.1 Å². The molecule has 1 aromatic carbocycles. The molecule has 6 heterocycles. The Hall–Kier alpha value is -3.03. The van der Waals surface area contributed by atoms with Gasteiger partial charge in [0.1, 0.15) is 11.3 Å². The van der Waals surface area contributed by atoms with E-state index in [0.29, 0.717) is 59.9 Å². The molecular formula is C46H70Cl2N8O4. The van der Waals surface area contributed by atoms with Crippen molar-refractivity contribution in [1.29, 1.82) is 0 Å². The number of ether oxygens (including phenoxy) is 2. The number of carbonyl (C=O) groups excluding carboxylic acids is 2. The minimum Gasteiger partial charge on any atom is -0.466 e. The molecular weight excluding hydrogens is 799 g/mol. The third-order valence-corrected chi connectivity index (χ3v) is 14.0. The second kappa shape index (κ2) is 22.4. The molecule has 7 rings (SSSR count). The predicted octanol–water partition coefficient (Wildman–Crippen LogP) is 8.36. The molecule has 0 radical (unpaired) electrons. The average Bonchev–Trinajstić information content (AvgIpc) is 3.58. The standard InChI is InChI=1S/C30H40Cl2N6O2.C16H30N2O2/c1-5-40-28(39)11-8-22-7-6-13-36(18-22)26-12-14-37(17-19(26)2)27-16-33-29-20(3)35-38(30(29)34-27)21(4)24-10-9-23(31)15-25(24)32;1-3-20-16(19)7-6-14-5-4-10-18(12-14)15-8-9-17-11-13(15)2/h9-10,15-16,19,21-22,26H,5-8,11-14,17-18H2,1-4H3;13-15,17H,3-12H2,1-2H3/t19?,21-,22?,26?;/m1./s1. The van der Waals surface area contributed by atoms with Crippen molar-refractivity contribution in [3.8, 4) is 0 Å². The highest BCUT2D eigenvalue weighted by atomic mass is 35.5. The van der Waals surface area contributed by atoms with E-state index >= 15 is 0 Å². The zero-order chi connectivity index (χ0) is 42.8. The van der Waals surface area contributed by atoms with Gasteiger partial charge in [0.05, 0.1) is 31.1 Å². The van der Waals surface area contributed by atoms with Crippen molar-refractivity contribution in [3.63, 3.8) is 0 Å². The van der Waals surface area contributed by atoms with Crippen LogP contribution in [0.5, 0.6) is 0 Å². The summed E-state index contributed by atoms with van der Waals surface area (Å²) in [5.41, 5.74) is 3.37. The smallest absolute Gasteiger partial charge is 0.305 e. The number of esters is 2. The maximum Gasteiger partial charge on any atom is 0.305 e. The lowest BCUT2D eigenvalue weighted by Crippen LogP contribution is -2.53. The van der Waals surface area contributed by atoms with E-state index in [9.17, 15) is 9.59 Å². The van der Waals surface area contributed by atoms with Crippen LogP contribution >= 0.6 is 23.2 Å². The number of hydrogen-bond acceptors (Lipinski definition) is 11. The van der Waals surface area contributed by atoms with E-state index in [-0.39, 0.29) is 18.0 Å². The maximum absolute atomic E-state index is 11.9. The van der Waals surface area contributed by atoms with Crippen LogP contribution in [0.15, 0.2) is 24.4 Å². The Bertz CT molecular complexity index is 1860. The molecule has 14 heteroatoms. The molecule has 4 saturated heterocycles. The van der Waals surface area contributed by atoms with Gasteiger partial charge in [-0.15, -0.1) is 0 Å². The van der Waals surface area contributed by atoms with Gasteiger partial charge in [0.2, 0.25) is 0 Å². The van der Waals surface area contributed by atoms with Crippen molar-refractivity contribution in [2.24, 2.45) is 23.7 Å². The molecule has 3 aromatic rings. The Kier molecular flexibility index (Phi) is 17.3. The lowest BCUT2D eigenvalue weighted by atomic mass is 9.87. The van der Waals surface area contributed by atoms with Crippen LogP contribution in [0, 0.1) is 30.6 Å². The molecule has 4 fully saturated rings. The Balaban J connectivity index is 0.000000253. The molecule has 0 saturated carbocycles. The molecule has 0 amide bonds. The number of hydrogen-bond donors (Lipinski definition) is 1. The van der Waals surface area contributed by atoms with Gasteiger partial charge < -0.3 is 19.7 Å². The Labute approximate surface area is 368 Å². The Morgan fingerprint density at radius 1 is 0.867 bits per heavy atom. The zero-order valence-corrected chi connectivity index (χ0v) is 38.5. The van der Waals surface area contributed by atoms with Crippen molar-refractivity contribution in [2.75, 3.05) is 70.5 Å². The highest BCUT2D eigenvalue weighted by Crippen LogP contribution is 2.34. The third-order valence-electron chi connectivity index (χ3n) is 13.4. The van der Waals surface area contributed by atoms with Gasteiger partial charge in [0.25, 0.3) is 0 Å². The van der Waals surface area contributed by atoms with Crippen LogP contribution in [0.2, 0.25) is 10.0 Å². The quantitative estimate of drug-likeness (QED) is 0.167. The molecule has 12 nitrogen and oxygen atoms in total. The van der Waals surface area contributed by atoms with Crippen LogP contribution in [-0.2, 0) is 19.1 Å². The van der Waals surface area contributed by atoms with Crippen molar-refractivity contribution in [1.82, 2.24) is 34.9 Å². The number of piperidine rings is 4. The minimum absolute atomic E-state index is 0.0279. The molecule has 60 heavy (non-hydrogen) atoms. The first kappa shape index (κ1) is 46.5. The molecule has 0 bridgehead atoms. The number of anilines is 1. The first-order valence-corrected chi connectivity index (χ1v) is 23.6. The van der Waals surface area contributed by atoms with E-state index in [1.807, 2.05) is 43.8 Å². The van der Waals surface area contributed by atoms with Crippen LogP contribution in [0.4, 0.5) is 5.82 Å². The largest absolute Gasteiger partial charge is 0.466 e. The third kappa shape index (κ3) is 12.1. The molecule has 7 atom stereocenters. The molecule has 1 N–H and O–H groups in total. The number of nitrogens with zero attached hydrogens (tertiary/aromatic N) is 7. The van der Waals surface area contributed by atoms with E-state index in [2.05, 4.69) is 40.8 Å². The summed E-state index contributed by atoms with van der Waals surface area (Å²) < 4.78 is 12.1. The number of rotatable bonds is 13. The van der Waals surface area contributed by atoms with Crippen molar-refractivity contribution in [3.05, 3.63) is 45.7 Å². The second-order valence-electron chi connectivity index (χ2n) is 17.8. The van der Waals surface area contributed by atoms with Gasteiger partial charge >= 0.3 is 11.9 Å². The summed E-state index contributed by atoms with van der Waals surface area (Å²) in [6.45, 7) is 22.2. The van der Waals surface area contributed by atoms with E-state index in [1.54, 1.807) is 6.07 Å². The molecule has 0 aliphatic carbocycles. The number of benzene rings is 1. The summed E-state index contributed by atoms with van der Waals surface area (Å²) in [4.78, 5) is 40.9. The number of nitrogens with one attached hydrogen (secondary N) is 1. The van der Waals surface area contributed by atoms with Gasteiger partial charge in [-0.25, -0.2) is 14.6 Å². The van der Waals surface area contributed by atoms with Crippen LogP contribution < -0.4 is 10.2 Å². The summed E-state index contributed by atoms with van der Waals surface area (Å²) in [6.07, 6.45) is 12.2. The number of aromatic nitrogens is 4. The summed E-state index contributed by atoms with van der Waals surface area (Å²) in [7, 11) is 0. The van der Waals surface area contributed by atoms with Crippen LogP contribution in [0.25, 0.3) is 11.2 Å². The number of fused-ring (bicyclic) bond motifs is 1. The van der Waals surface area contributed by atoms with Crippen molar-refractivity contribution < 1.29 is 19.1 Å². The van der Waals surface area contributed by atoms with E-state index in [4.69, 9.17) is 47.7 Å². The Morgan fingerprint density at radius 3 is 2.08 bits per heavy atom. The molecule has 4 aliphatic rings. The van der Waals surface area contributed by atoms with Gasteiger partial charge in [-0.3, -0.25) is 19.4 Å². The number of carbonyl (C=O) groups is 2. The van der Waals surface area contributed by atoms with Gasteiger partial charge in [-0.05, 0) is 147 Å². The normalized spacial score (nSPS) is 26.0. The SMILES string of the molecule is CCOC(=O)CCC1CCCN(C2CCN(c3cnc4c(C)nn([C@H](C)c5ccc(Cl)cc5Cl)c4n3)CC2C)C1.CCOC(=O)CCC1CCCN(C2CCNCC2C)C1. The lowest BCUT2D eigenvalue weighted by Gasteiger charge is -2.46. The number of likely N-dealkylation sites (tertiary alicyclic amines) is 2. The second-order valence-corrected chi connectivity index (χ2v) is 18.6. The summed E-state index contributed by atoms with van der Waals surface area (Å²) in [5, 5.41) is 9.50. The highest BCUT2D eigenvalue weighted by Gasteiger charge is 2.35. The van der Waals surface area contributed by atoms with E-state index < -0.39 is 0 Å². The van der Waals surface area contributed by atoms with Crippen molar-refractivity contribution in [2.45, 2.75) is 124 Å². The first-order valence-electron chi connectivity index (χ1n) is 22.9. The van der Waals surface area contributed by atoms with Crippen LogP contribution in [-0.4, -0.2) is 119 Å². The molecule has 6 unspecified atom stereocenters. The monoisotopic (exact) mass is 868 g/mol. The number of halogens is 2. The van der Waals surface area contributed by atoms with Gasteiger partial charge in [0.15, 0.2) is 5.65 Å². The fourth-order valence-electron chi connectivity index (χ4n) is 10.2. The minimum atomic E-state index is -0.119. The first-order chi connectivity index (χ1) is 28.9. The maximum atomic E-state index is 11.9. The summed E-state index contributed by atoms with van der Waals surface area (Å²) in [6, 6.07) is 6.72. The fraction of sp³-hybridized carbons (Fsp3) is 0.717.